The minimum absolute atomic E-state index is 0.714. The zero-order valence-electron chi connectivity index (χ0n) is 7.00. The van der Waals surface area contributed by atoms with Gasteiger partial charge in [0.25, 0.3) is 0 Å². The summed E-state index contributed by atoms with van der Waals surface area (Å²) in [5.41, 5.74) is 0.966. The highest BCUT2D eigenvalue weighted by atomic mass is 79.9. The maximum absolute atomic E-state index is 4.32. The van der Waals surface area contributed by atoms with E-state index in [-0.39, 0.29) is 0 Å². The summed E-state index contributed by atoms with van der Waals surface area (Å²) < 4.78 is 0.974. The lowest BCUT2D eigenvalue weighted by Crippen LogP contribution is -2.16. The first-order valence-electron chi connectivity index (χ1n) is 3.65. The molecule has 0 unspecified atom stereocenters. The van der Waals surface area contributed by atoms with Crippen LogP contribution in [-0.4, -0.2) is 24.3 Å². The van der Waals surface area contributed by atoms with Gasteiger partial charge in [-0.2, -0.15) is 0 Å². The summed E-state index contributed by atoms with van der Waals surface area (Å²) in [5.74, 6) is 0. The molecule has 0 aromatic rings. The van der Waals surface area contributed by atoms with Gasteiger partial charge in [-0.25, -0.2) is 0 Å². The topological polar surface area (TPSA) is 15.6 Å². The van der Waals surface area contributed by atoms with Crippen molar-refractivity contribution in [2.45, 2.75) is 0 Å². The molecular weight excluding hydrogens is 216 g/mol. The quantitative estimate of drug-likeness (QED) is 0.661. The van der Waals surface area contributed by atoms with Crippen molar-refractivity contribution in [1.82, 2.24) is 4.90 Å². The van der Waals surface area contributed by atoms with Crippen LogP contribution in [0.4, 0.5) is 0 Å². The van der Waals surface area contributed by atoms with Gasteiger partial charge in [0, 0.05) is 17.7 Å². The van der Waals surface area contributed by atoms with Crippen molar-refractivity contribution < 1.29 is 0 Å². The van der Waals surface area contributed by atoms with Crippen LogP contribution in [0, 0.1) is 0 Å². The van der Waals surface area contributed by atoms with E-state index in [0.29, 0.717) is 6.67 Å². The van der Waals surface area contributed by atoms with Crippen LogP contribution in [-0.2, 0) is 0 Å². The Morgan fingerprint density at radius 1 is 1.83 bits per heavy atom. The summed E-state index contributed by atoms with van der Waals surface area (Å²) in [5, 5.41) is 0. The van der Waals surface area contributed by atoms with Crippen LogP contribution < -0.4 is 0 Å². The number of aliphatic imine (C=N–C) groups is 1. The van der Waals surface area contributed by atoms with Crippen molar-refractivity contribution in [2.24, 2.45) is 4.99 Å². The second-order valence-corrected chi connectivity index (χ2v) is 3.36. The van der Waals surface area contributed by atoms with Gasteiger partial charge in [0.1, 0.15) is 6.67 Å². The lowest BCUT2D eigenvalue weighted by Gasteiger charge is -2.15. The molecule has 0 atom stereocenters. The molecule has 0 spiro atoms. The van der Waals surface area contributed by atoms with E-state index in [0.717, 1.165) is 10.2 Å². The minimum Gasteiger partial charge on any atom is -0.361 e. The highest BCUT2D eigenvalue weighted by molar-refractivity contribution is 9.12. The molecule has 12 heavy (non-hydrogen) atoms. The van der Waals surface area contributed by atoms with E-state index in [9.17, 15) is 0 Å². The Labute approximate surface area is 81.1 Å². The van der Waals surface area contributed by atoms with E-state index in [1.165, 1.54) is 0 Å². The van der Waals surface area contributed by atoms with E-state index >= 15 is 0 Å². The number of nitrogens with zero attached hydrogens (tertiary/aromatic N) is 2. The fourth-order valence-corrected chi connectivity index (χ4v) is 1.27. The van der Waals surface area contributed by atoms with Crippen molar-refractivity contribution in [3.05, 3.63) is 35.5 Å². The third-order valence-corrected chi connectivity index (χ3v) is 2.13. The molecule has 0 aliphatic carbocycles. The fourth-order valence-electron chi connectivity index (χ4n) is 0.829. The zero-order valence-corrected chi connectivity index (χ0v) is 8.58. The third kappa shape index (κ3) is 2.34. The highest BCUT2D eigenvalue weighted by Crippen LogP contribution is 2.12. The summed E-state index contributed by atoms with van der Waals surface area (Å²) >= 11 is 3.41. The molecule has 1 heterocycles. The summed E-state index contributed by atoms with van der Waals surface area (Å²) in [4.78, 5) is 6.33. The first-order valence-corrected chi connectivity index (χ1v) is 4.45. The van der Waals surface area contributed by atoms with Crippen LogP contribution in [0.1, 0.15) is 0 Å². The smallest absolute Gasteiger partial charge is 0.110 e. The fraction of sp³-hybridized carbons (Fsp3) is 0.222. The summed E-state index contributed by atoms with van der Waals surface area (Å²) in [6.07, 6.45) is 7.58. The Hall–Kier alpha value is -0.830. The largest absolute Gasteiger partial charge is 0.361 e. The second kappa shape index (κ2) is 4.26. The first-order chi connectivity index (χ1) is 5.74. The Balaban J connectivity index is 2.73. The van der Waals surface area contributed by atoms with E-state index in [1.807, 2.05) is 30.3 Å². The Morgan fingerprint density at radius 3 is 3.08 bits per heavy atom. The van der Waals surface area contributed by atoms with E-state index in [4.69, 9.17) is 0 Å². The molecule has 1 aliphatic heterocycles. The Morgan fingerprint density at radius 2 is 2.58 bits per heavy atom. The zero-order chi connectivity index (χ0) is 8.97. The molecule has 0 saturated heterocycles. The molecule has 0 N–H and O–H groups in total. The van der Waals surface area contributed by atoms with E-state index in [2.05, 4.69) is 27.5 Å². The normalized spacial score (nSPS) is 17.7. The molecule has 0 amide bonds. The molecule has 0 radical (unpaired) electrons. The summed E-state index contributed by atoms with van der Waals surface area (Å²) in [6.45, 7) is 4.33. The molecule has 3 heteroatoms. The molecule has 1 rings (SSSR count). The van der Waals surface area contributed by atoms with Crippen molar-refractivity contribution >= 4 is 21.6 Å². The van der Waals surface area contributed by atoms with Crippen LogP contribution >= 0.6 is 15.9 Å². The molecule has 1 aliphatic rings. The van der Waals surface area contributed by atoms with Gasteiger partial charge in [-0.1, -0.05) is 12.7 Å². The molecular formula is C9H11BrN2. The van der Waals surface area contributed by atoms with Crippen molar-refractivity contribution in [1.29, 1.82) is 0 Å². The third-order valence-electron chi connectivity index (χ3n) is 1.46. The Bertz CT molecular complexity index is 264. The molecule has 0 bridgehead atoms. The van der Waals surface area contributed by atoms with Crippen LogP contribution in [0.3, 0.4) is 0 Å². The van der Waals surface area contributed by atoms with Crippen molar-refractivity contribution in [2.75, 3.05) is 13.7 Å². The summed E-state index contributed by atoms with van der Waals surface area (Å²) in [6, 6.07) is 0. The SMILES string of the molecule is C=C/C=C(/Br)C1=NCN(C)C=C1. The van der Waals surface area contributed by atoms with E-state index < -0.39 is 0 Å². The van der Waals surface area contributed by atoms with Crippen molar-refractivity contribution in [3.63, 3.8) is 0 Å². The van der Waals surface area contributed by atoms with Gasteiger partial charge in [0.2, 0.25) is 0 Å². The Kier molecular flexibility index (Phi) is 3.29. The van der Waals surface area contributed by atoms with Gasteiger partial charge in [-0.15, -0.1) is 0 Å². The van der Waals surface area contributed by atoms with Gasteiger partial charge in [-0.3, -0.25) is 4.99 Å². The molecule has 0 fully saturated rings. The predicted molar refractivity (Wildman–Crippen MR) is 56.4 cm³/mol. The van der Waals surface area contributed by atoms with Gasteiger partial charge < -0.3 is 4.90 Å². The van der Waals surface area contributed by atoms with Gasteiger partial charge >= 0.3 is 0 Å². The predicted octanol–water partition coefficient (Wildman–Crippen LogP) is 2.31. The van der Waals surface area contributed by atoms with Gasteiger partial charge in [0.05, 0.1) is 5.71 Å². The second-order valence-electron chi connectivity index (χ2n) is 2.51. The van der Waals surface area contributed by atoms with E-state index in [1.54, 1.807) is 6.08 Å². The van der Waals surface area contributed by atoms with Crippen LogP contribution in [0.2, 0.25) is 0 Å². The van der Waals surface area contributed by atoms with Crippen LogP contribution in [0.5, 0.6) is 0 Å². The maximum Gasteiger partial charge on any atom is 0.110 e. The molecule has 2 nitrogen and oxygen atoms in total. The number of halogens is 1. The summed E-state index contributed by atoms with van der Waals surface area (Å²) in [7, 11) is 1.99. The number of hydrogen-bond donors (Lipinski definition) is 0. The molecule has 0 aromatic heterocycles. The molecule has 0 aromatic carbocycles. The van der Waals surface area contributed by atoms with Gasteiger partial charge in [-0.05, 0) is 28.1 Å². The maximum atomic E-state index is 4.32. The molecule has 0 saturated carbocycles. The lowest BCUT2D eigenvalue weighted by molar-refractivity contribution is 0.469. The highest BCUT2D eigenvalue weighted by Gasteiger charge is 2.03. The lowest BCUT2D eigenvalue weighted by atomic mass is 10.3. The van der Waals surface area contributed by atoms with Crippen LogP contribution in [0.15, 0.2) is 40.5 Å². The molecule has 64 valence electrons. The number of allylic oxidation sites excluding steroid dienone is 4. The minimum atomic E-state index is 0.714. The first kappa shape index (κ1) is 9.26. The van der Waals surface area contributed by atoms with Gasteiger partial charge in [0.15, 0.2) is 0 Å². The van der Waals surface area contributed by atoms with Crippen LogP contribution in [0.25, 0.3) is 0 Å². The number of hydrogen-bond acceptors (Lipinski definition) is 2. The standard InChI is InChI=1S/C9H11BrN2/c1-3-4-8(10)9-5-6-12(2)7-11-9/h3-6H,1,7H2,2H3/b8-4+. The van der Waals surface area contributed by atoms with Crippen molar-refractivity contribution in [3.8, 4) is 0 Å². The average molecular weight is 227 g/mol. The number of rotatable bonds is 2. The average Bonchev–Trinajstić information content (AvgIpc) is 2.06. The monoisotopic (exact) mass is 226 g/mol.